The smallest absolute Gasteiger partial charge is 0.255 e. The number of nitrogens with one attached hydrogen (secondary N) is 1. The molecule has 6 nitrogen and oxygen atoms in total. The molecule has 7 heteroatoms. The monoisotopic (exact) mass is 346 g/mol. The molecule has 132 valence electrons. The summed E-state index contributed by atoms with van der Waals surface area (Å²) >= 11 is 0. The second-order valence-electron chi connectivity index (χ2n) is 5.19. The van der Waals surface area contributed by atoms with E-state index in [0.717, 1.165) is 31.7 Å². The van der Waals surface area contributed by atoms with Crippen LogP contribution in [0.5, 0.6) is 11.5 Å². The lowest BCUT2D eigenvalue weighted by Gasteiger charge is -2.12. The number of ether oxygens (including phenoxy) is 3. The Bertz CT molecular complexity index is 469. The molecule has 0 saturated carbocycles. The molecule has 23 heavy (non-hydrogen) atoms. The SMILES string of the molecule is COc1cc(CNCCCOC(C)C)ccc1OCC(N)=O.Cl. The molecule has 0 aliphatic carbocycles. The van der Waals surface area contributed by atoms with Crippen LogP contribution in [0.25, 0.3) is 0 Å². The van der Waals surface area contributed by atoms with Gasteiger partial charge >= 0.3 is 0 Å². The number of rotatable bonds is 11. The van der Waals surface area contributed by atoms with Crippen molar-refractivity contribution < 1.29 is 19.0 Å². The third kappa shape index (κ3) is 9.28. The molecule has 1 aromatic carbocycles. The van der Waals surface area contributed by atoms with Crippen molar-refractivity contribution in [2.45, 2.75) is 32.9 Å². The minimum Gasteiger partial charge on any atom is -0.493 e. The highest BCUT2D eigenvalue weighted by Crippen LogP contribution is 2.27. The number of nitrogens with two attached hydrogens (primary N) is 1. The van der Waals surface area contributed by atoms with Gasteiger partial charge in [-0.3, -0.25) is 4.79 Å². The van der Waals surface area contributed by atoms with E-state index in [9.17, 15) is 4.79 Å². The van der Waals surface area contributed by atoms with E-state index in [4.69, 9.17) is 19.9 Å². The van der Waals surface area contributed by atoms with E-state index in [1.165, 1.54) is 0 Å². The Morgan fingerprint density at radius 1 is 1.30 bits per heavy atom. The van der Waals surface area contributed by atoms with Crippen LogP contribution in [0.15, 0.2) is 18.2 Å². The van der Waals surface area contributed by atoms with Crippen molar-refractivity contribution in [3.8, 4) is 11.5 Å². The van der Waals surface area contributed by atoms with Gasteiger partial charge in [-0.05, 0) is 44.5 Å². The fraction of sp³-hybridized carbons (Fsp3) is 0.562. The van der Waals surface area contributed by atoms with Gasteiger partial charge in [-0.25, -0.2) is 0 Å². The first-order chi connectivity index (χ1) is 10.5. The molecular weight excluding hydrogens is 320 g/mol. The Morgan fingerprint density at radius 2 is 2.04 bits per heavy atom. The van der Waals surface area contributed by atoms with Crippen LogP contribution in [0.4, 0.5) is 0 Å². The van der Waals surface area contributed by atoms with Gasteiger partial charge in [-0.1, -0.05) is 6.07 Å². The summed E-state index contributed by atoms with van der Waals surface area (Å²) in [5.74, 6) is 0.579. The second-order valence-corrected chi connectivity index (χ2v) is 5.19. The number of hydrogen-bond acceptors (Lipinski definition) is 5. The van der Waals surface area contributed by atoms with Gasteiger partial charge in [0.05, 0.1) is 13.2 Å². The van der Waals surface area contributed by atoms with Crippen molar-refractivity contribution in [1.82, 2.24) is 5.32 Å². The zero-order valence-electron chi connectivity index (χ0n) is 14.0. The summed E-state index contributed by atoms with van der Waals surface area (Å²) in [5, 5.41) is 3.35. The minimum atomic E-state index is -0.517. The molecule has 0 bridgehead atoms. The van der Waals surface area contributed by atoms with E-state index < -0.39 is 5.91 Å². The van der Waals surface area contributed by atoms with Crippen LogP contribution in [-0.2, 0) is 16.1 Å². The van der Waals surface area contributed by atoms with Gasteiger partial charge in [0.15, 0.2) is 18.1 Å². The Hall–Kier alpha value is -1.50. The largest absolute Gasteiger partial charge is 0.493 e. The average Bonchev–Trinajstić information content (AvgIpc) is 2.48. The number of methoxy groups -OCH3 is 1. The molecule has 1 amide bonds. The molecule has 0 heterocycles. The van der Waals surface area contributed by atoms with Crippen LogP contribution < -0.4 is 20.5 Å². The number of benzene rings is 1. The Labute approximate surface area is 144 Å². The maximum atomic E-state index is 10.7. The van der Waals surface area contributed by atoms with Crippen molar-refractivity contribution in [3.05, 3.63) is 23.8 Å². The van der Waals surface area contributed by atoms with Crippen molar-refractivity contribution in [2.24, 2.45) is 5.73 Å². The molecule has 0 aliphatic rings. The quantitative estimate of drug-likeness (QED) is 0.598. The maximum Gasteiger partial charge on any atom is 0.255 e. The van der Waals surface area contributed by atoms with Gasteiger partial charge in [0, 0.05) is 13.2 Å². The third-order valence-electron chi connectivity index (χ3n) is 2.88. The third-order valence-corrected chi connectivity index (χ3v) is 2.88. The first-order valence-electron chi connectivity index (χ1n) is 7.43. The molecule has 0 fully saturated rings. The summed E-state index contributed by atoms with van der Waals surface area (Å²) < 4.78 is 16.0. The van der Waals surface area contributed by atoms with E-state index in [2.05, 4.69) is 5.32 Å². The number of primary amides is 1. The van der Waals surface area contributed by atoms with Crippen molar-refractivity contribution in [1.29, 1.82) is 0 Å². The molecule has 1 aromatic rings. The Kier molecular flexibility index (Phi) is 11.2. The van der Waals surface area contributed by atoms with Crippen molar-refractivity contribution in [3.63, 3.8) is 0 Å². The number of halogens is 1. The molecule has 0 radical (unpaired) electrons. The number of hydrogen-bond donors (Lipinski definition) is 2. The van der Waals surface area contributed by atoms with Crippen molar-refractivity contribution in [2.75, 3.05) is 26.9 Å². The Morgan fingerprint density at radius 3 is 2.65 bits per heavy atom. The van der Waals surface area contributed by atoms with Crippen LogP contribution in [-0.4, -0.2) is 38.9 Å². The standard InChI is InChI=1S/C16H26N2O4.ClH/c1-12(2)21-8-4-7-18-10-13-5-6-14(15(9-13)20-3)22-11-16(17)19;/h5-6,9,12,18H,4,7-8,10-11H2,1-3H3,(H2,17,19);1H. The Balaban J connectivity index is 0.00000484. The van der Waals surface area contributed by atoms with Crippen LogP contribution in [0.1, 0.15) is 25.8 Å². The fourth-order valence-electron chi connectivity index (χ4n) is 1.84. The maximum absolute atomic E-state index is 10.7. The number of carbonyl (C=O) groups is 1. The summed E-state index contributed by atoms with van der Waals surface area (Å²) in [7, 11) is 1.56. The summed E-state index contributed by atoms with van der Waals surface area (Å²) in [5.41, 5.74) is 6.14. The molecule has 0 aromatic heterocycles. The molecule has 0 saturated heterocycles. The van der Waals surface area contributed by atoms with E-state index in [1.54, 1.807) is 13.2 Å². The zero-order valence-corrected chi connectivity index (χ0v) is 14.8. The second kappa shape index (κ2) is 12.0. The highest BCUT2D eigenvalue weighted by Gasteiger charge is 2.07. The van der Waals surface area contributed by atoms with E-state index in [0.29, 0.717) is 11.5 Å². The predicted octanol–water partition coefficient (Wildman–Crippen LogP) is 1.89. The van der Waals surface area contributed by atoms with Crippen LogP contribution in [0, 0.1) is 0 Å². The summed E-state index contributed by atoms with van der Waals surface area (Å²) in [6.45, 7) is 6.27. The number of amides is 1. The van der Waals surface area contributed by atoms with Crippen molar-refractivity contribution >= 4 is 18.3 Å². The highest BCUT2D eigenvalue weighted by atomic mass is 35.5. The molecule has 1 rings (SSSR count). The van der Waals surface area contributed by atoms with Gasteiger partial charge in [0.2, 0.25) is 0 Å². The summed E-state index contributed by atoms with van der Waals surface area (Å²) in [6.07, 6.45) is 1.24. The predicted molar refractivity (Wildman–Crippen MR) is 92.3 cm³/mol. The lowest BCUT2D eigenvalue weighted by atomic mass is 10.2. The van der Waals surface area contributed by atoms with E-state index in [-0.39, 0.29) is 25.1 Å². The molecule has 0 unspecified atom stereocenters. The topological polar surface area (TPSA) is 82.8 Å². The number of carbonyl (C=O) groups excluding carboxylic acids is 1. The van der Waals surface area contributed by atoms with Gasteiger partial charge < -0.3 is 25.3 Å². The molecule has 0 aliphatic heterocycles. The van der Waals surface area contributed by atoms with Gasteiger partial charge in [0.1, 0.15) is 0 Å². The molecule has 0 atom stereocenters. The molecular formula is C16H27ClN2O4. The van der Waals surface area contributed by atoms with Crippen LogP contribution in [0.2, 0.25) is 0 Å². The normalized spacial score (nSPS) is 10.3. The van der Waals surface area contributed by atoms with E-state index in [1.807, 2.05) is 26.0 Å². The summed E-state index contributed by atoms with van der Waals surface area (Å²) in [4.78, 5) is 10.7. The fourth-order valence-corrected chi connectivity index (χ4v) is 1.84. The van der Waals surface area contributed by atoms with Crippen LogP contribution in [0.3, 0.4) is 0 Å². The van der Waals surface area contributed by atoms with Gasteiger partial charge in [-0.2, -0.15) is 0 Å². The molecule has 0 spiro atoms. The highest BCUT2D eigenvalue weighted by molar-refractivity contribution is 5.85. The lowest BCUT2D eigenvalue weighted by Crippen LogP contribution is -2.20. The molecule has 3 N–H and O–H groups in total. The first-order valence-corrected chi connectivity index (χ1v) is 7.43. The minimum absolute atomic E-state index is 0. The lowest BCUT2D eigenvalue weighted by molar-refractivity contribution is -0.119. The average molecular weight is 347 g/mol. The first kappa shape index (κ1) is 21.5. The van der Waals surface area contributed by atoms with Crippen LogP contribution >= 0.6 is 12.4 Å². The van der Waals surface area contributed by atoms with E-state index >= 15 is 0 Å². The van der Waals surface area contributed by atoms with Gasteiger partial charge in [-0.15, -0.1) is 12.4 Å². The summed E-state index contributed by atoms with van der Waals surface area (Å²) in [6, 6.07) is 5.59. The van der Waals surface area contributed by atoms with Gasteiger partial charge in [0.25, 0.3) is 5.91 Å². The zero-order chi connectivity index (χ0) is 16.4.